The van der Waals surface area contributed by atoms with E-state index in [4.69, 9.17) is 10.2 Å². The molecule has 62 valence electrons. The van der Waals surface area contributed by atoms with Crippen molar-refractivity contribution >= 4 is 12.1 Å². The molecule has 0 aliphatic rings. The summed E-state index contributed by atoms with van der Waals surface area (Å²) in [6, 6.07) is 0. The molecule has 0 aliphatic heterocycles. The van der Waals surface area contributed by atoms with Gasteiger partial charge in [-0.1, -0.05) is 0 Å². The third kappa shape index (κ3) is 3.24. The summed E-state index contributed by atoms with van der Waals surface area (Å²) in [7, 11) is 0. The van der Waals surface area contributed by atoms with Crippen LogP contribution < -0.4 is 5.32 Å². The summed E-state index contributed by atoms with van der Waals surface area (Å²) in [5.41, 5.74) is 0.123. The van der Waals surface area contributed by atoms with E-state index in [9.17, 15) is 9.59 Å². The molecule has 5 nitrogen and oxygen atoms in total. The maximum absolute atomic E-state index is 10.2. The van der Waals surface area contributed by atoms with Gasteiger partial charge in [-0.05, 0) is 13.8 Å². The van der Waals surface area contributed by atoms with E-state index in [-0.39, 0.29) is 11.3 Å². The first kappa shape index (κ1) is 9.48. The molecule has 0 atom stereocenters. The molecule has 5 heteroatoms. The SMILES string of the molecule is CC(NC(=O)O)=C(C)C(=O)O. The molecule has 3 N–H and O–H groups in total. The molecule has 0 aromatic heterocycles. The smallest absolute Gasteiger partial charge is 0.408 e. The van der Waals surface area contributed by atoms with Crippen LogP contribution in [0.25, 0.3) is 0 Å². The normalized spacial score (nSPS) is 11.8. The monoisotopic (exact) mass is 159 g/mol. The fourth-order valence-electron chi connectivity index (χ4n) is 0.415. The summed E-state index contributed by atoms with van der Waals surface area (Å²) in [5, 5.41) is 18.5. The van der Waals surface area contributed by atoms with Crippen LogP contribution in [0.5, 0.6) is 0 Å². The van der Waals surface area contributed by atoms with E-state index in [0.29, 0.717) is 0 Å². The van der Waals surface area contributed by atoms with Gasteiger partial charge in [-0.15, -0.1) is 0 Å². The molecule has 0 aromatic carbocycles. The molecule has 0 radical (unpaired) electrons. The molecule has 0 aliphatic carbocycles. The van der Waals surface area contributed by atoms with Crippen molar-refractivity contribution < 1.29 is 19.8 Å². The lowest BCUT2D eigenvalue weighted by atomic mass is 10.2. The van der Waals surface area contributed by atoms with Crippen LogP contribution >= 0.6 is 0 Å². The van der Waals surface area contributed by atoms with Crippen LogP contribution in [-0.4, -0.2) is 22.3 Å². The van der Waals surface area contributed by atoms with Crippen molar-refractivity contribution in [2.24, 2.45) is 0 Å². The summed E-state index contributed by atoms with van der Waals surface area (Å²) in [6.07, 6.45) is -1.26. The molecule has 1 amide bonds. The first-order chi connectivity index (χ1) is 4.95. The number of nitrogens with one attached hydrogen (secondary N) is 1. The Balaban J connectivity index is 4.40. The van der Waals surface area contributed by atoms with E-state index in [1.54, 1.807) is 0 Å². The molecule has 0 rings (SSSR count). The molecular weight excluding hydrogens is 150 g/mol. The van der Waals surface area contributed by atoms with Gasteiger partial charge in [0.25, 0.3) is 0 Å². The van der Waals surface area contributed by atoms with Crippen LogP contribution in [0.1, 0.15) is 13.8 Å². The number of amides is 1. The Morgan fingerprint density at radius 1 is 1.18 bits per heavy atom. The summed E-state index contributed by atoms with van der Waals surface area (Å²) in [6.45, 7) is 2.71. The van der Waals surface area contributed by atoms with Crippen molar-refractivity contribution in [3.8, 4) is 0 Å². The van der Waals surface area contributed by atoms with Gasteiger partial charge in [-0.3, -0.25) is 5.32 Å². The summed E-state index contributed by atoms with van der Waals surface area (Å²) in [4.78, 5) is 20.2. The highest BCUT2D eigenvalue weighted by atomic mass is 16.4. The van der Waals surface area contributed by atoms with Crippen molar-refractivity contribution in [3.63, 3.8) is 0 Å². The fraction of sp³-hybridized carbons (Fsp3) is 0.333. The second kappa shape index (κ2) is 3.60. The number of carbonyl (C=O) groups is 2. The molecular formula is C6H9NO4. The predicted octanol–water partition coefficient (Wildman–Crippen LogP) is 0.632. The maximum Gasteiger partial charge on any atom is 0.408 e. The molecule has 0 spiro atoms. The fourth-order valence-corrected chi connectivity index (χ4v) is 0.415. The Bertz CT molecular complexity index is 219. The van der Waals surface area contributed by atoms with Crippen molar-refractivity contribution in [1.82, 2.24) is 5.32 Å². The van der Waals surface area contributed by atoms with Gasteiger partial charge >= 0.3 is 12.1 Å². The second-order valence-corrected chi connectivity index (χ2v) is 1.99. The van der Waals surface area contributed by atoms with Gasteiger partial charge in [0, 0.05) is 5.70 Å². The third-order valence-corrected chi connectivity index (χ3v) is 1.18. The number of aliphatic carboxylic acids is 1. The van der Waals surface area contributed by atoms with E-state index in [0.717, 1.165) is 0 Å². The van der Waals surface area contributed by atoms with E-state index < -0.39 is 12.1 Å². The Kier molecular flexibility index (Phi) is 3.10. The second-order valence-electron chi connectivity index (χ2n) is 1.99. The molecule has 0 saturated carbocycles. The topological polar surface area (TPSA) is 86.6 Å². The summed E-state index contributed by atoms with van der Waals surface area (Å²) >= 11 is 0. The number of rotatable bonds is 2. The zero-order valence-corrected chi connectivity index (χ0v) is 6.21. The maximum atomic E-state index is 10.2. The number of hydrogen-bond acceptors (Lipinski definition) is 2. The Morgan fingerprint density at radius 3 is 1.91 bits per heavy atom. The molecule has 0 aromatic rings. The van der Waals surface area contributed by atoms with Crippen molar-refractivity contribution in [2.75, 3.05) is 0 Å². The predicted molar refractivity (Wildman–Crippen MR) is 37.2 cm³/mol. The number of carboxylic acid groups (broad SMARTS) is 2. The van der Waals surface area contributed by atoms with E-state index in [1.165, 1.54) is 13.8 Å². The molecule has 0 fully saturated rings. The van der Waals surface area contributed by atoms with Gasteiger partial charge in [0.2, 0.25) is 0 Å². The largest absolute Gasteiger partial charge is 0.478 e. The van der Waals surface area contributed by atoms with Gasteiger partial charge < -0.3 is 10.2 Å². The average molecular weight is 159 g/mol. The lowest BCUT2D eigenvalue weighted by molar-refractivity contribution is -0.132. The molecule has 0 bridgehead atoms. The Hall–Kier alpha value is -1.52. The lowest BCUT2D eigenvalue weighted by Crippen LogP contribution is -2.21. The molecule has 11 heavy (non-hydrogen) atoms. The van der Waals surface area contributed by atoms with Crippen LogP contribution in [0.15, 0.2) is 11.3 Å². The van der Waals surface area contributed by atoms with Crippen molar-refractivity contribution in [1.29, 1.82) is 0 Å². The van der Waals surface area contributed by atoms with Crippen LogP contribution in [0.4, 0.5) is 4.79 Å². The van der Waals surface area contributed by atoms with E-state index in [1.807, 2.05) is 5.32 Å². The quantitative estimate of drug-likeness (QED) is 0.516. The van der Waals surface area contributed by atoms with Crippen LogP contribution in [0.2, 0.25) is 0 Å². The van der Waals surface area contributed by atoms with E-state index in [2.05, 4.69) is 0 Å². The minimum Gasteiger partial charge on any atom is -0.478 e. The Morgan fingerprint density at radius 2 is 1.64 bits per heavy atom. The van der Waals surface area contributed by atoms with Crippen molar-refractivity contribution in [2.45, 2.75) is 13.8 Å². The standard InChI is InChI=1S/C6H9NO4/c1-3(5(8)9)4(2)7-6(10)11/h7H,1-2H3,(H,8,9)(H,10,11). The highest BCUT2D eigenvalue weighted by molar-refractivity contribution is 5.87. The molecule has 0 unspecified atom stereocenters. The molecule has 0 saturated heterocycles. The van der Waals surface area contributed by atoms with Crippen LogP contribution in [0.3, 0.4) is 0 Å². The summed E-state index contributed by atoms with van der Waals surface area (Å²) < 4.78 is 0. The zero-order chi connectivity index (χ0) is 9.02. The highest BCUT2D eigenvalue weighted by Crippen LogP contribution is 1.98. The van der Waals surface area contributed by atoms with Gasteiger partial charge in [-0.2, -0.15) is 0 Å². The van der Waals surface area contributed by atoms with Gasteiger partial charge in [0.1, 0.15) is 0 Å². The first-order valence-corrected chi connectivity index (χ1v) is 2.86. The minimum atomic E-state index is -1.26. The first-order valence-electron chi connectivity index (χ1n) is 2.86. The number of hydrogen-bond donors (Lipinski definition) is 3. The van der Waals surface area contributed by atoms with Gasteiger partial charge in [-0.25, -0.2) is 9.59 Å². The van der Waals surface area contributed by atoms with Crippen LogP contribution in [-0.2, 0) is 4.79 Å². The van der Waals surface area contributed by atoms with Gasteiger partial charge in [0.05, 0.1) is 5.57 Å². The van der Waals surface area contributed by atoms with Crippen molar-refractivity contribution in [3.05, 3.63) is 11.3 Å². The minimum absolute atomic E-state index is 0.00704. The van der Waals surface area contributed by atoms with Gasteiger partial charge in [0.15, 0.2) is 0 Å². The lowest BCUT2D eigenvalue weighted by Gasteiger charge is -2.01. The molecule has 0 heterocycles. The zero-order valence-electron chi connectivity index (χ0n) is 6.21. The third-order valence-electron chi connectivity index (χ3n) is 1.18. The average Bonchev–Trinajstić information content (AvgIpc) is 1.84. The van der Waals surface area contributed by atoms with Crippen LogP contribution in [0, 0.1) is 0 Å². The van der Waals surface area contributed by atoms with E-state index >= 15 is 0 Å². The number of allylic oxidation sites excluding steroid dienone is 1. The summed E-state index contributed by atoms with van der Waals surface area (Å²) in [5.74, 6) is -1.13. The Labute approximate surface area is 63.3 Å². The number of carboxylic acids is 1. The highest BCUT2D eigenvalue weighted by Gasteiger charge is 2.06.